The summed E-state index contributed by atoms with van der Waals surface area (Å²) in [7, 11) is 0. The Hall–Kier alpha value is -2.44. The molecule has 2 aromatic rings. The molecule has 8 heteroatoms. The molecule has 6 nitrogen and oxygen atoms in total. The summed E-state index contributed by atoms with van der Waals surface area (Å²) < 4.78 is 11.5. The lowest BCUT2D eigenvalue weighted by Crippen LogP contribution is -2.44. The average Bonchev–Trinajstić information content (AvgIpc) is 2.91. The van der Waals surface area contributed by atoms with Gasteiger partial charge in [-0.15, -0.1) is 0 Å². The molecule has 0 saturated heterocycles. The monoisotopic (exact) mass is 574 g/mol. The lowest BCUT2D eigenvalue weighted by atomic mass is 9.75. The largest absolute Gasteiger partial charge is 0.481 e. The molecular formula is C31H40Cl2N2O4. The second-order valence-electron chi connectivity index (χ2n) is 11.1. The lowest BCUT2D eigenvalue weighted by Gasteiger charge is -2.35. The molecule has 2 N–H and O–H groups in total. The fraction of sp³-hybridized carbons (Fsp3) is 0.548. The molecule has 2 amide bonds. The zero-order valence-corrected chi connectivity index (χ0v) is 24.3. The molecule has 2 fully saturated rings. The maximum absolute atomic E-state index is 12.6. The summed E-state index contributed by atoms with van der Waals surface area (Å²) in [5, 5.41) is 7.53. The highest BCUT2D eigenvalue weighted by atomic mass is 35.5. The zero-order valence-electron chi connectivity index (χ0n) is 22.8. The summed E-state index contributed by atoms with van der Waals surface area (Å²) in [6.45, 7) is 3.54. The van der Waals surface area contributed by atoms with Crippen LogP contribution in [-0.2, 0) is 9.59 Å². The van der Waals surface area contributed by atoms with Crippen LogP contribution < -0.4 is 20.1 Å². The van der Waals surface area contributed by atoms with E-state index in [-0.39, 0.29) is 23.9 Å². The van der Waals surface area contributed by atoms with Crippen LogP contribution >= 0.6 is 23.2 Å². The number of benzene rings is 2. The molecular weight excluding hydrogens is 535 g/mol. The molecule has 0 aromatic heterocycles. The first-order chi connectivity index (χ1) is 18.7. The molecule has 2 aliphatic rings. The van der Waals surface area contributed by atoms with Crippen LogP contribution in [0.3, 0.4) is 0 Å². The number of hydrogen-bond donors (Lipinski definition) is 2. The number of carbonyl (C=O) groups is 2. The number of ether oxygens (including phenoxy) is 2. The second-order valence-corrected chi connectivity index (χ2v) is 12.0. The van der Waals surface area contributed by atoms with Crippen molar-refractivity contribution in [2.24, 2.45) is 11.8 Å². The molecule has 0 aliphatic heterocycles. The molecule has 212 valence electrons. The third-order valence-electron chi connectivity index (χ3n) is 8.01. The number of nitrogens with one attached hydrogen (secondary N) is 2. The number of halogens is 2. The highest BCUT2D eigenvalue weighted by Gasteiger charge is 2.29. The van der Waals surface area contributed by atoms with Crippen LogP contribution in [-0.4, -0.2) is 36.1 Å². The summed E-state index contributed by atoms with van der Waals surface area (Å²) in [5.41, 5.74) is 0. The van der Waals surface area contributed by atoms with Gasteiger partial charge in [-0.2, -0.15) is 0 Å². The highest BCUT2D eigenvalue weighted by Crippen LogP contribution is 2.35. The van der Waals surface area contributed by atoms with Gasteiger partial charge in [-0.3, -0.25) is 9.59 Å². The van der Waals surface area contributed by atoms with Gasteiger partial charge in [0.2, 0.25) is 0 Å². The van der Waals surface area contributed by atoms with Crippen molar-refractivity contribution in [3.05, 3.63) is 58.6 Å². The molecule has 0 spiro atoms. The van der Waals surface area contributed by atoms with Gasteiger partial charge in [-0.25, -0.2) is 0 Å². The van der Waals surface area contributed by atoms with Crippen molar-refractivity contribution < 1.29 is 19.1 Å². The van der Waals surface area contributed by atoms with Crippen molar-refractivity contribution in [2.45, 2.75) is 95.9 Å². The SMILES string of the molecule is CC(Oc1cccc(Cl)c1)C(=O)NC1CCC(CC2CCC(NC(=O)C(C)Oc3cccc(Cl)c3)CC2)CC1. The van der Waals surface area contributed by atoms with Crippen molar-refractivity contribution >= 4 is 35.0 Å². The van der Waals surface area contributed by atoms with Crippen molar-refractivity contribution in [1.82, 2.24) is 10.6 Å². The predicted molar refractivity (Wildman–Crippen MR) is 155 cm³/mol. The first kappa shape index (κ1) is 29.5. The first-order valence-electron chi connectivity index (χ1n) is 14.2. The molecule has 0 radical (unpaired) electrons. The van der Waals surface area contributed by atoms with Gasteiger partial charge in [0, 0.05) is 22.1 Å². The number of rotatable bonds is 10. The van der Waals surface area contributed by atoms with E-state index in [1.54, 1.807) is 50.2 Å². The molecule has 2 atom stereocenters. The van der Waals surface area contributed by atoms with E-state index in [0.717, 1.165) is 51.4 Å². The normalized spacial score (nSPS) is 24.7. The number of hydrogen-bond acceptors (Lipinski definition) is 4. The molecule has 2 unspecified atom stereocenters. The summed E-state index contributed by atoms with van der Waals surface area (Å²) in [4.78, 5) is 25.3. The minimum absolute atomic E-state index is 0.0777. The Morgan fingerprint density at radius 3 is 1.46 bits per heavy atom. The van der Waals surface area contributed by atoms with Crippen molar-refractivity contribution in [2.75, 3.05) is 0 Å². The third kappa shape index (κ3) is 9.32. The minimum atomic E-state index is -0.566. The van der Waals surface area contributed by atoms with Crippen molar-refractivity contribution in [1.29, 1.82) is 0 Å². The average molecular weight is 576 g/mol. The van der Waals surface area contributed by atoms with E-state index in [9.17, 15) is 9.59 Å². The summed E-state index contributed by atoms with van der Waals surface area (Å²) in [6.07, 6.45) is 8.72. The summed E-state index contributed by atoms with van der Waals surface area (Å²) in [6, 6.07) is 14.6. The van der Waals surface area contributed by atoms with Crippen LogP contribution in [0.4, 0.5) is 0 Å². The number of amides is 2. The van der Waals surface area contributed by atoms with Gasteiger partial charge < -0.3 is 20.1 Å². The lowest BCUT2D eigenvalue weighted by molar-refractivity contribution is -0.128. The Morgan fingerprint density at radius 2 is 1.10 bits per heavy atom. The van der Waals surface area contributed by atoms with Gasteiger partial charge in [-0.1, -0.05) is 35.3 Å². The van der Waals surface area contributed by atoms with Crippen LogP contribution in [0.1, 0.15) is 71.6 Å². The van der Waals surface area contributed by atoms with Gasteiger partial charge in [0.05, 0.1) is 0 Å². The topological polar surface area (TPSA) is 76.7 Å². The fourth-order valence-electron chi connectivity index (χ4n) is 5.79. The van der Waals surface area contributed by atoms with Crippen molar-refractivity contribution in [3.8, 4) is 11.5 Å². The Balaban J connectivity index is 1.11. The maximum atomic E-state index is 12.6. The van der Waals surface area contributed by atoms with Crippen LogP contribution in [0.2, 0.25) is 10.0 Å². The highest BCUT2D eigenvalue weighted by molar-refractivity contribution is 6.31. The Kier molecular flexibility index (Phi) is 10.8. The Bertz CT molecular complexity index is 1010. The molecule has 2 aromatic carbocycles. The van der Waals surface area contributed by atoms with E-state index < -0.39 is 12.2 Å². The van der Waals surface area contributed by atoms with Crippen LogP contribution in [0.5, 0.6) is 11.5 Å². The smallest absolute Gasteiger partial charge is 0.260 e. The van der Waals surface area contributed by atoms with E-state index in [4.69, 9.17) is 32.7 Å². The van der Waals surface area contributed by atoms with Gasteiger partial charge in [-0.05, 0) is 120 Å². The Morgan fingerprint density at radius 1 is 0.718 bits per heavy atom. The Labute approximate surface area is 242 Å². The molecule has 2 aliphatic carbocycles. The molecule has 0 heterocycles. The van der Waals surface area contributed by atoms with Crippen LogP contribution in [0, 0.1) is 11.8 Å². The van der Waals surface area contributed by atoms with Gasteiger partial charge in [0.25, 0.3) is 11.8 Å². The molecule has 39 heavy (non-hydrogen) atoms. The van der Waals surface area contributed by atoms with Crippen LogP contribution in [0.25, 0.3) is 0 Å². The molecule has 0 bridgehead atoms. The van der Waals surface area contributed by atoms with E-state index in [1.807, 2.05) is 12.1 Å². The first-order valence-corrected chi connectivity index (χ1v) is 15.0. The second kappa shape index (κ2) is 14.3. The fourth-order valence-corrected chi connectivity index (χ4v) is 6.15. The van der Waals surface area contributed by atoms with Gasteiger partial charge in [0.1, 0.15) is 11.5 Å². The summed E-state index contributed by atoms with van der Waals surface area (Å²) >= 11 is 12.0. The van der Waals surface area contributed by atoms with Crippen LogP contribution in [0.15, 0.2) is 48.5 Å². The van der Waals surface area contributed by atoms with E-state index in [0.29, 0.717) is 33.4 Å². The quantitative estimate of drug-likeness (QED) is 0.321. The number of carbonyl (C=O) groups excluding carboxylic acids is 2. The van der Waals surface area contributed by atoms with Gasteiger partial charge >= 0.3 is 0 Å². The minimum Gasteiger partial charge on any atom is -0.481 e. The third-order valence-corrected chi connectivity index (χ3v) is 8.48. The summed E-state index contributed by atoms with van der Waals surface area (Å²) in [5.74, 6) is 2.46. The maximum Gasteiger partial charge on any atom is 0.260 e. The predicted octanol–water partition coefficient (Wildman–Crippen LogP) is 6.97. The van der Waals surface area contributed by atoms with E-state index in [1.165, 1.54) is 6.42 Å². The standard InChI is InChI=1S/C31H40Cl2N2O4/c1-20(38-28-7-3-5-24(32)18-28)30(36)34-26-13-9-22(10-14-26)17-23-11-15-27(16-12-23)35-31(37)21(2)39-29-8-4-6-25(33)19-29/h3-8,18-23,26-27H,9-17H2,1-2H3,(H,34,36)(H,35,37). The van der Waals surface area contributed by atoms with E-state index >= 15 is 0 Å². The molecule has 2 saturated carbocycles. The van der Waals surface area contributed by atoms with Crippen molar-refractivity contribution in [3.63, 3.8) is 0 Å². The van der Waals surface area contributed by atoms with Gasteiger partial charge in [0.15, 0.2) is 12.2 Å². The zero-order chi connectivity index (χ0) is 27.8. The molecule has 4 rings (SSSR count). The van der Waals surface area contributed by atoms with E-state index in [2.05, 4.69) is 10.6 Å².